The Hall–Kier alpha value is -0.570. The molecule has 1 aromatic rings. The fraction of sp³-hybridized carbons (Fsp3) is 0.429. The number of nitrogens with zero attached hydrogens (tertiary/aromatic N) is 2. The average molecular weight is 153 g/mol. The van der Waals surface area contributed by atoms with Gasteiger partial charge in [-0.05, 0) is 12.5 Å². The predicted molar refractivity (Wildman–Crippen MR) is 42.7 cm³/mol. The van der Waals surface area contributed by atoms with E-state index in [1.165, 1.54) is 0 Å². The monoisotopic (exact) mass is 153 g/mol. The van der Waals surface area contributed by atoms with Gasteiger partial charge in [0.1, 0.15) is 5.82 Å². The second kappa shape index (κ2) is 3.56. The van der Waals surface area contributed by atoms with Crippen LogP contribution in [0.1, 0.15) is 24.4 Å². The molecule has 1 aromatic heterocycles. The summed E-state index contributed by atoms with van der Waals surface area (Å²) in [5.41, 5.74) is 0. The van der Waals surface area contributed by atoms with Crippen LogP contribution in [0.2, 0.25) is 0 Å². The summed E-state index contributed by atoms with van der Waals surface area (Å²) in [5, 5.41) is 0.0706. The Kier molecular flexibility index (Phi) is 2.68. The Morgan fingerprint density at radius 1 is 1.50 bits per heavy atom. The zero-order valence-corrected chi connectivity index (χ0v) is 6.64. The van der Waals surface area contributed by atoms with E-state index in [-0.39, 0.29) is 5.25 Å². The lowest BCUT2D eigenvalue weighted by Crippen LogP contribution is -1.95. The normalized spacial score (nSPS) is 13.0. The molecule has 0 fully saturated rings. The van der Waals surface area contributed by atoms with Gasteiger partial charge in [-0.2, -0.15) is 0 Å². The molecule has 0 N–H and O–H groups in total. The highest BCUT2D eigenvalue weighted by Crippen LogP contribution is 2.17. The maximum Gasteiger partial charge on any atom is 0.141 e. The van der Waals surface area contributed by atoms with Crippen LogP contribution in [-0.4, -0.2) is 9.97 Å². The average Bonchev–Trinajstić information content (AvgIpc) is 2.05. The number of rotatable bonds is 2. The zero-order valence-electron chi connectivity index (χ0n) is 5.82. The maximum atomic E-state index is 5.08. The largest absolute Gasteiger partial charge is 0.240 e. The van der Waals surface area contributed by atoms with Gasteiger partial charge in [-0.1, -0.05) is 19.6 Å². The van der Waals surface area contributed by atoms with Gasteiger partial charge in [-0.3, -0.25) is 0 Å². The summed E-state index contributed by atoms with van der Waals surface area (Å²) in [4.78, 5) is 8.07. The Bertz CT molecular complexity index is 188. The smallest absolute Gasteiger partial charge is 0.141 e. The molecule has 0 amide bonds. The molecule has 2 nitrogen and oxygen atoms in total. The van der Waals surface area contributed by atoms with E-state index in [0.29, 0.717) is 0 Å². The minimum Gasteiger partial charge on any atom is -0.240 e. The van der Waals surface area contributed by atoms with Crippen LogP contribution < -0.4 is 0 Å². The molecule has 10 heavy (non-hydrogen) atoms. The summed E-state index contributed by atoms with van der Waals surface area (Å²) in [6.07, 6.45) is 4.36. The van der Waals surface area contributed by atoms with Crippen molar-refractivity contribution in [1.29, 1.82) is 0 Å². The van der Waals surface area contributed by atoms with Crippen molar-refractivity contribution in [3.63, 3.8) is 0 Å². The summed E-state index contributed by atoms with van der Waals surface area (Å²) in [7, 11) is 0. The minimum absolute atomic E-state index is 0.0706. The van der Waals surface area contributed by atoms with E-state index < -0.39 is 0 Å². The molecule has 0 aromatic carbocycles. The number of aromatic nitrogens is 2. The maximum absolute atomic E-state index is 5.08. The van der Waals surface area contributed by atoms with Crippen molar-refractivity contribution < 1.29 is 0 Å². The fourth-order valence-electron chi connectivity index (χ4n) is 0.659. The summed E-state index contributed by atoms with van der Waals surface area (Å²) >= 11 is 5.08. The zero-order chi connectivity index (χ0) is 7.40. The predicted octanol–water partition coefficient (Wildman–Crippen LogP) is 2.13. The molecule has 53 valence electrons. The van der Waals surface area contributed by atoms with Gasteiger partial charge in [0.15, 0.2) is 0 Å². The van der Waals surface area contributed by atoms with Crippen molar-refractivity contribution in [2.45, 2.75) is 18.6 Å². The van der Waals surface area contributed by atoms with Crippen molar-refractivity contribution >= 4 is 12.6 Å². The summed E-state index contributed by atoms with van der Waals surface area (Å²) in [5.74, 6) is 0.764. The minimum atomic E-state index is 0.0706. The molecule has 0 saturated heterocycles. The Morgan fingerprint density at radius 2 is 2.10 bits per heavy atom. The summed E-state index contributed by atoms with van der Waals surface area (Å²) in [6, 6.07) is 1.79. The molecule has 3 heteroatoms. The standard InChI is InChI=1S/C7H9N2S/c1-2-6(10)7-8-4-3-5-9-7/h3-6H,2H2,1H3. The number of hydrogen-bond acceptors (Lipinski definition) is 2. The molecule has 1 radical (unpaired) electrons. The van der Waals surface area contributed by atoms with E-state index in [0.717, 1.165) is 12.2 Å². The van der Waals surface area contributed by atoms with E-state index in [1.54, 1.807) is 18.5 Å². The van der Waals surface area contributed by atoms with Crippen LogP contribution in [-0.2, 0) is 0 Å². The fourth-order valence-corrected chi connectivity index (χ4v) is 0.781. The van der Waals surface area contributed by atoms with Crippen molar-refractivity contribution in [3.8, 4) is 0 Å². The van der Waals surface area contributed by atoms with Crippen molar-refractivity contribution in [2.24, 2.45) is 0 Å². The van der Waals surface area contributed by atoms with Crippen LogP contribution in [0.25, 0.3) is 0 Å². The molecule has 0 bridgehead atoms. The Morgan fingerprint density at radius 3 is 2.60 bits per heavy atom. The lowest BCUT2D eigenvalue weighted by atomic mass is 10.3. The third-order valence-corrected chi connectivity index (χ3v) is 1.79. The Balaban J connectivity index is 2.75. The van der Waals surface area contributed by atoms with Crippen LogP contribution in [0.4, 0.5) is 0 Å². The number of hydrogen-bond donors (Lipinski definition) is 0. The van der Waals surface area contributed by atoms with Gasteiger partial charge >= 0.3 is 0 Å². The molecule has 1 heterocycles. The third-order valence-electron chi connectivity index (χ3n) is 1.24. The molecule has 0 saturated carbocycles. The highest BCUT2D eigenvalue weighted by atomic mass is 32.1. The van der Waals surface area contributed by atoms with E-state index in [2.05, 4.69) is 9.97 Å². The van der Waals surface area contributed by atoms with Gasteiger partial charge < -0.3 is 0 Å². The second-order valence-electron chi connectivity index (χ2n) is 2.00. The molecule has 0 aliphatic rings. The van der Waals surface area contributed by atoms with Gasteiger partial charge in [0, 0.05) is 12.4 Å². The van der Waals surface area contributed by atoms with Crippen molar-refractivity contribution in [1.82, 2.24) is 9.97 Å². The van der Waals surface area contributed by atoms with Crippen LogP contribution in [0.3, 0.4) is 0 Å². The summed E-state index contributed by atoms with van der Waals surface area (Å²) < 4.78 is 0. The first-order valence-electron chi connectivity index (χ1n) is 3.27. The SMILES string of the molecule is CCC([S])c1ncccn1. The first-order chi connectivity index (χ1) is 4.84. The van der Waals surface area contributed by atoms with Gasteiger partial charge in [-0.15, -0.1) is 0 Å². The lowest BCUT2D eigenvalue weighted by molar-refractivity contribution is 0.818. The Labute approximate surface area is 66.1 Å². The molecule has 0 spiro atoms. The van der Waals surface area contributed by atoms with Gasteiger partial charge in [-0.25, -0.2) is 9.97 Å². The third kappa shape index (κ3) is 1.70. The van der Waals surface area contributed by atoms with Crippen molar-refractivity contribution in [2.75, 3.05) is 0 Å². The molecule has 1 rings (SSSR count). The van der Waals surface area contributed by atoms with E-state index in [4.69, 9.17) is 12.6 Å². The van der Waals surface area contributed by atoms with Gasteiger partial charge in [0.25, 0.3) is 0 Å². The quantitative estimate of drug-likeness (QED) is 0.650. The molecule has 1 atom stereocenters. The lowest BCUT2D eigenvalue weighted by Gasteiger charge is -2.01. The second-order valence-corrected chi connectivity index (χ2v) is 2.57. The van der Waals surface area contributed by atoms with E-state index >= 15 is 0 Å². The van der Waals surface area contributed by atoms with Crippen LogP contribution >= 0.6 is 12.6 Å². The molecular formula is C7H9N2S. The summed E-state index contributed by atoms with van der Waals surface area (Å²) in [6.45, 7) is 2.04. The topological polar surface area (TPSA) is 25.8 Å². The molecule has 1 unspecified atom stereocenters. The van der Waals surface area contributed by atoms with Gasteiger partial charge in [0.2, 0.25) is 0 Å². The van der Waals surface area contributed by atoms with Crippen LogP contribution in [0.5, 0.6) is 0 Å². The first kappa shape index (κ1) is 7.54. The van der Waals surface area contributed by atoms with Crippen LogP contribution in [0, 0.1) is 0 Å². The molecular weight excluding hydrogens is 144 g/mol. The first-order valence-corrected chi connectivity index (χ1v) is 3.74. The highest BCUT2D eigenvalue weighted by Gasteiger charge is 2.04. The highest BCUT2D eigenvalue weighted by molar-refractivity contribution is 7.80. The molecule has 0 aliphatic heterocycles. The molecule has 0 aliphatic carbocycles. The van der Waals surface area contributed by atoms with Gasteiger partial charge in [0.05, 0.1) is 5.25 Å². The van der Waals surface area contributed by atoms with E-state index in [1.807, 2.05) is 6.92 Å². The van der Waals surface area contributed by atoms with Crippen LogP contribution in [0.15, 0.2) is 18.5 Å². The van der Waals surface area contributed by atoms with Crippen molar-refractivity contribution in [3.05, 3.63) is 24.3 Å². The van der Waals surface area contributed by atoms with E-state index in [9.17, 15) is 0 Å².